The SMILES string of the molecule is CC/C=C\C/C=C\C/C=C\C/C=C\C/C=C\CCCCCCCCCCCCCCCC(=O)OCC(COC(=O)CCCCCCCCCCC)OC(=O)CCCCCCC/C=C\CCCCCCCC. The van der Waals surface area contributed by atoms with E-state index in [9.17, 15) is 14.4 Å². The van der Waals surface area contributed by atoms with Gasteiger partial charge in [-0.05, 0) is 89.9 Å². The molecule has 0 fully saturated rings. The number of hydrogen-bond acceptors (Lipinski definition) is 6. The number of allylic oxidation sites excluding steroid dienone is 12. The zero-order chi connectivity index (χ0) is 51.4. The Morgan fingerprint density at radius 2 is 0.549 bits per heavy atom. The Kier molecular flexibility index (Phi) is 56.8. The van der Waals surface area contributed by atoms with E-state index in [2.05, 4.69) is 93.7 Å². The summed E-state index contributed by atoms with van der Waals surface area (Å²) in [5, 5.41) is 0. The minimum absolute atomic E-state index is 0.0753. The largest absolute Gasteiger partial charge is 0.462 e. The van der Waals surface area contributed by atoms with Crippen molar-refractivity contribution in [3.63, 3.8) is 0 Å². The van der Waals surface area contributed by atoms with Crippen LogP contribution in [0.1, 0.15) is 303 Å². The van der Waals surface area contributed by atoms with Crippen molar-refractivity contribution >= 4 is 17.9 Å². The zero-order valence-corrected chi connectivity index (χ0v) is 47.0. The smallest absolute Gasteiger partial charge is 0.306 e. The lowest BCUT2D eigenvalue weighted by Crippen LogP contribution is -2.30. The lowest BCUT2D eigenvalue weighted by molar-refractivity contribution is -0.167. The first-order valence-electron chi connectivity index (χ1n) is 30.4. The Bertz CT molecular complexity index is 1320. The Morgan fingerprint density at radius 3 is 0.873 bits per heavy atom. The molecule has 6 heteroatoms. The summed E-state index contributed by atoms with van der Waals surface area (Å²) < 4.78 is 16.8. The summed E-state index contributed by atoms with van der Waals surface area (Å²) >= 11 is 0. The predicted molar refractivity (Wildman–Crippen MR) is 307 cm³/mol. The minimum atomic E-state index is -0.776. The Hall–Kier alpha value is -3.15. The molecule has 0 spiro atoms. The van der Waals surface area contributed by atoms with Crippen molar-refractivity contribution in [1.82, 2.24) is 0 Å². The maximum Gasteiger partial charge on any atom is 0.306 e. The molecule has 1 unspecified atom stereocenters. The van der Waals surface area contributed by atoms with Crippen LogP contribution in [0.15, 0.2) is 72.9 Å². The zero-order valence-electron chi connectivity index (χ0n) is 47.0. The van der Waals surface area contributed by atoms with Crippen LogP contribution in [0.4, 0.5) is 0 Å². The summed E-state index contributed by atoms with van der Waals surface area (Å²) in [5.41, 5.74) is 0. The molecule has 0 aliphatic carbocycles. The van der Waals surface area contributed by atoms with E-state index in [1.165, 1.54) is 167 Å². The molecule has 0 aliphatic rings. The molecule has 0 rings (SSSR count). The summed E-state index contributed by atoms with van der Waals surface area (Å²) in [6.45, 7) is 6.52. The van der Waals surface area contributed by atoms with E-state index in [1.54, 1.807) is 0 Å². The number of ether oxygens (including phenoxy) is 3. The van der Waals surface area contributed by atoms with Crippen LogP contribution in [0.3, 0.4) is 0 Å². The van der Waals surface area contributed by atoms with Gasteiger partial charge in [-0.2, -0.15) is 0 Å². The summed E-state index contributed by atoms with van der Waals surface area (Å²) in [7, 11) is 0. The highest BCUT2D eigenvalue weighted by Crippen LogP contribution is 2.16. The monoisotopic (exact) mass is 991 g/mol. The fourth-order valence-corrected chi connectivity index (χ4v) is 8.64. The first kappa shape index (κ1) is 67.8. The van der Waals surface area contributed by atoms with Crippen molar-refractivity contribution in [2.75, 3.05) is 13.2 Å². The standard InChI is InChI=1S/C65H114O6/c1-4-7-10-13-16-19-21-23-25-26-27-28-29-30-31-32-33-34-35-36-37-38-40-41-43-46-49-52-55-58-64(67)70-61-62(60-69-63(66)57-54-51-48-45-18-15-12-9-6-3)71-65(68)59-56-53-50-47-44-42-39-24-22-20-17-14-11-8-5-2/h7,10,16,19,23-25,27-28,30-31,39,62H,4-6,8-9,11-15,17-18,20-22,26,29,32-38,40-61H2,1-3H3/b10-7-,19-16-,25-23-,28-27-,31-30-,39-24-. The normalized spacial score (nSPS) is 12.5. The molecular weight excluding hydrogens is 877 g/mol. The fourth-order valence-electron chi connectivity index (χ4n) is 8.64. The van der Waals surface area contributed by atoms with Crippen LogP contribution in [-0.4, -0.2) is 37.2 Å². The molecule has 0 radical (unpaired) electrons. The van der Waals surface area contributed by atoms with Crippen LogP contribution in [0.2, 0.25) is 0 Å². The average molecular weight is 992 g/mol. The van der Waals surface area contributed by atoms with Gasteiger partial charge in [-0.15, -0.1) is 0 Å². The van der Waals surface area contributed by atoms with Gasteiger partial charge in [0.25, 0.3) is 0 Å². The van der Waals surface area contributed by atoms with Gasteiger partial charge in [0.2, 0.25) is 0 Å². The van der Waals surface area contributed by atoms with Crippen molar-refractivity contribution in [3.05, 3.63) is 72.9 Å². The van der Waals surface area contributed by atoms with Gasteiger partial charge in [0.15, 0.2) is 6.10 Å². The van der Waals surface area contributed by atoms with Crippen molar-refractivity contribution < 1.29 is 28.6 Å². The lowest BCUT2D eigenvalue weighted by atomic mass is 10.0. The Labute approximate surface area is 440 Å². The van der Waals surface area contributed by atoms with E-state index in [-0.39, 0.29) is 31.1 Å². The van der Waals surface area contributed by atoms with Crippen molar-refractivity contribution in [2.24, 2.45) is 0 Å². The summed E-state index contributed by atoms with van der Waals surface area (Å²) in [5.74, 6) is -0.877. The van der Waals surface area contributed by atoms with Crippen LogP contribution in [0.25, 0.3) is 0 Å². The molecule has 71 heavy (non-hydrogen) atoms. The van der Waals surface area contributed by atoms with Crippen molar-refractivity contribution in [1.29, 1.82) is 0 Å². The van der Waals surface area contributed by atoms with Gasteiger partial charge in [-0.1, -0.05) is 267 Å². The molecule has 0 amide bonds. The van der Waals surface area contributed by atoms with Gasteiger partial charge in [-0.25, -0.2) is 0 Å². The first-order valence-corrected chi connectivity index (χ1v) is 30.4. The number of unbranched alkanes of at least 4 members (excludes halogenated alkanes) is 32. The third-order valence-electron chi connectivity index (χ3n) is 13.2. The van der Waals surface area contributed by atoms with Crippen LogP contribution in [-0.2, 0) is 28.6 Å². The number of carbonyl (C=O) groups is 3. The van der Waals surface area contributed by atoms with E-state index in [0.29, 0.717) is 19.3 Å². The quantitative estimate of drug-likeness (QED) is 0.0261. The first-order chi connectivity index (χ1) is 35.0. The number of carbonyl (C=O) groups excluding carboxylic acids is 3. The van der Waals surface area contributed by atoms with Crippen molar-refractivity contribution in [3.8, 4) is 0 Å². The van der Waals surface area contributed by atoms with E-state index in [4.69, 9.17) is 14.2 Å². The number of rotatable bonds is 55. The second-order valence-corrected chi connectivity index (χ2v) is 20.2. The van der Waals surface area contributed by atoms with E-state index >= 15 is 0 Å². The molecule has 0 aromatic heterocycles. The lowest BCUT2D eigenvalue weighted by Gasteiger charge is -2.18. The van der Waals surface area contributed by atoms with Crippen LogP contribution >= 0.6 is 0 Å². The van der Waals surface area contributed by atoms with Crippen LogP contribution in [0, 0.1) is 0 Å². The van der Waals surface area contributed by atoms with Crippen molar-refractivity contribution in [2.45, 2.75) is 309 Å². The van der Waals surface area contributed by atoms with Gasteiger partial charge in [0.1, 0.15) is 13.2 Å². The van der Waals surface area contributed by atoms with Gasteiger partial charge in [0, 0.05) is 19.3 Å². The Balaban J connectivity index is 4.15. The maximum atomic E-state index is 12.8. The second-order valence-electron chi connectivity index (χ2n) is 20.2. The topological polar surface area (TPSA) is 78.9 Å². The molecule has 0 N–H and O–H groups in total. The molecule has 0 aromatic rings. The predicted octanol–water partition coefficient (Wildman–Crippen LogP) is 20.5. The van der Waals surface area contributed by atoms with Gasteiger partial charge in [0.05, 0.1) is 0 Å². The fraction of sp³-hybridized carbons (Fsp3) is 0.769. The second kappa shape index (κ2) is 59.4. The summed E-state index contributed by atoms with van der Waals surface area (Å²) in [4.78, 5) is 38.1. The molecule has 0 saturated carbocycles. The van der Waals surface area contributed by atoms with Gasteiger partial charge >= 0.3 is 17.9 Å². The Morgan fingerprint density at radius 1 is 0.296 bits per heavy atom. The molecule has 410 valence electrons. The van der Waals surface area contributed by atoms with Gasteiger partial charge in [-0.3, -0.25) is 14.4 Å². The molecule has 6 nitrogen and oxygen atoms in total. The average Bonchev–Trinajstić information content (AvgIpc) is 3.37. The number of hydrogen-bond donors (Lipinski definition) is 0. The molecule has 0 aliphatic heterocycles. The third-order valence-corrected chi connectivity index (χ3v) is 13.2. The number of esters is 3. The molecule has 0 bridgehead atoms. The minimum Gasteiger partial charge on any atom is -0.462 e. The maximum absolute atomic E-state index is 12.8. The van der Waals surface area contributed by atoms with Crippen LogP contribution in [0.5, 0.6) is 0 Å². The third kappa shape index (κ3) is 57.6. The highest BCUT2D eigenvalue weighted by Gasteiger charge is 2.19. The van der Waals surface area contributed by atoms with Gasteiger partial charge < -0.3 is 14.2 Å². The highest BCUT2D eigenvalue weighted by atomic mass is 16.6. The van der Waals surface area contributed by atoms with E-state index in [0.717, 1.165) is 96.3 Å². The molecule has 0 heterocycles. The summed E-state index contributed by atoms with van der Waals surface area (Å²) in [6.07, 6.45) is 76.3. The molecule has 0 saturated heterocycles. The molecular formula is C65H114O6. The highest BCUT2D eigenvalue weighted by molar-refractivity contribution is 5.71. The van der Waals surface area contributed by atoms with E-state index in [1.807, 2.05) is 0 Å². The molecule has 1 atom stereocenters. The molecule has 0 aromatic carbocycles. The summed E-state index contributed by atoms with van der Waals surface area (Å²) in [6, 6.07) is 0. The van der Waals surface area contributed by atoms with Crippen LogP contribution < -0.4 is 0 Å². The van der Waals surface area contributed by atoms with E-state index < -0.39 is 6.10 Å².